The quantitative estimate of drug-likeness (QED) is 0.821. The van der Waals surface area contributed by atoms with Gasteiger partial charge in [-0.15, -0.1) is 36.2 Å². The molecule has 5 nitrogen and oxygen atoms in total. The predicted octanol–water partition coefficient (Wildman–Crippen LogP) is 2.16. The average Bonchev–Trinajstić information content (AvgIpc) is 2.80. The van der Waals surface area contributed by atoms with Crippen LogP contribution in [0.1, 0.15) is 11.9 Å². The second-order valence-electron chi connectivity index (χ2n) is 4.75. The Morgan fingerprint density at radius 3 is 2.73 bits per heavy atom. The van der Waals surface area contributed by atoms with Gasteiger partial charge in [0.25, 0.3) is 0 Å². The zero-order valence-electron chi connectivity index (χ0n) is 12.4. The van der Waals surface area contributed by atoms with Crippen LogP contribution in [0, 0.1) is 0 Å². The fourth-order valence-electron chi connectivity index (χ4n) is 1.93. The number of hydrogen-bond acceptors (Lipinski definition) is 5. The summed E-state index contributed by atoms with van der Waals surface area (Å²) in [5.41, 5.74) is 6.68. The van der Waals surface area contributed by atoms with Gasteiger partial charge in [0.1, 0.15) is 6.04 Å². The summed E-state index contributed by atoms with van der Waals surface area (Å²) in [6.07, 6.45) is 0.699. The molecule has 0 aliphatic heterocycles. The molecule has 0 bridgehead atoms. The Morgan fingerprint density at radius 2 is 2.09 bits per heavy atom. The molecule has 2 atom stereocenters. The molecule has 1 heterocycles. The molecule has 0 saturated heterocycles. The monoisotopic (exact) mass is 365 g/mol. The first-order valence-electron chi connectivity index (χ1n) is 6.49. The van der Waals surface area contributed by atoms with E-state index in [1.165, 1.54) is 7.11 Å². The van der Waals surface area contributed by atoms with Crippen LogP contribution in [0.25, 0.3) is 10.2 Å². The Labute approximate surface area is 146 Å². The molecule has 0 spiro atoms. The number of carbonyl (C=O) groups excluding carboxylic acids is 1. The zero-order chi connectivity index (χ0) is 14.5. The van der Waals surface area contributed by atoms with Gasteiger partial charge >= 0.3 is 0 Å². The van der Waals surface area contributed by atoms with Crippen molar-refractivity contribution in [3.05, 3.63) is 29.3 Å². The van der Waals surface area contributed by atoms with Crippen molar-refractivity contribution in [2.24, 2.45) is 5.73 Å². The molecule has 1 aromatic carbocycles. The molecule has 2 aromatic rings. The summed E-state index contributed by atoms with van der Waals surface area (Å²) in [5.74, 6) is -0.194. The van der Waals surface area contributed by atoms with E-state index in [2.05, 4.69) is 10.3 Å². The lowest BCUT2D eigenvalue weighted by Crippen LogP contribution is -2.47. The summed E-state index contributed by atoms with van der Waals surface area (Å²) in [5, 5.41) is 3.89. The van der Waals surface area contributed by atoms with Crippen LogP contribution >= 0.6 is 36.2 Å². The number of para-hydroxylation sites is 1. The first kappa shape index (κ1) is 21.1. The number of nitrogens with one attached hydrogen (secondary N) is 1. The summed E-state index contributed by atoms with van der Waals surface area (Å²) in [6.45, 7) is 2.17. The van der Waals surface area contributed by atoms with Crippen LogP contribution in [-0.2, 0) is 16.0 Å². The zero-order valence-corrected chi connectivity index (χ0v) is 14.9. The van der Waals surface area contributed by atoms with Crippen LogP contribution < -0.4 is 11.1 Å². The Kier molecular flexibility index (Phi) is 9.55. The summed E-state index contributed by atoms with van der Waals surface area (Å²) in [4.78, 5) is 16.3. The number of aromatic nitrogens is 1. The number of thiazole rings is 1. The largest absolute Gasteiger partial charge is 0.383 e. The molecule has 1 amide bonds. The van der Waals surface area contributed by atoms with Crippen molar-refractivity contribution in [3.63, 3.8) is 0 Å². The van der Waals surface area contributed by atoms with Gasteiger partial charge in [0.05, 0.1) is 21.8 Å². The number of ether oxygens (including phenoxy) is 1. The second kappa shape index (κ2) is 9.97. The smallest absolute Gasteiger partial charge is 0.239 e. The minimum Gasteiger partial charge on any atom is -0.383 e. The third-order valence-electron chi connectivity index (χ3n) is 2.89. The first-order valence-corrected chi connectivity index (χ1v) is 7.31. The number of amides is 1. The SMILES string of the molecule is COCC(N)C(=O)NC(C)Cc1nc2ccccc2s1.Cl.Cl. The average molecular weight is 366 g/mol. The van der Waals surface area contributed by atoms with Gasteiger partial charge in [-0.25, -0.2) is 4.98 Å². The summed E-state index contributed by atoms with van der Waals surface area (Å²) >= 11 is 1.65. The van der Waals surface area contributed by atoms with Crippen molar-refractivity contribution in [2.75, 3.05) is 13.7 Å². The number of hydrogen-bond donors (Lipinski definition) is 2. The van der Waals surface area contributed by atoms with Gasteiger partial charge in [-0.05, 0) is 19.1 Å². The standard InChI is InChI=1S/C14H19N3O2S.2ClH/c1-9(16-14(18)10(15)8-19-2)7-13-17-11-5-3-4-6-12(11)20-13;;/h3-6,9-10H,7-8,15H2,1-2H3,(H,16,18);2*1H. The van der Waals surface area contributed by atoms with Gasteiger partial charge in [-0.3, -0.25) is 4.79 Å². The lowest BCUT2D eigenvalue weighted by atomic mass is 10.2. The third kappa shape index (κ3) is 5.70. The van der Waals surface area contributed by atoms with Gasteiger partial charge in [0.2, 0.25) is 5.91 Å². The maximum absolute atomic E-state index is 11.8. The van der Waals surface area contributed by atoms with E-state index in [1.54, 1.807) is 11.3 Å². The van der Waals surface area contributed by atoms with Crippen LogP contribution in [0.15, 0.2) is 24.3 Å². The van der Waals surface area contributed by atoms with Crippen molar-refractivity contribution < 1.29 is 9.53 Å². The maximum Gasteiger partial charge on any atom is 0.239 e. The van der Waals surface area contributed by atoms with Gasteiger partial charge in [0, 0.05) is 19.6 Å². The molecule has 0 radical (unpaired) electrons. The molecule has 2 unspecified atom stereocenters. The summed E-state index contributed by atoms with van der Waals surface area (Å²) in [6, 6.07) is 7.38. The van der Waals surface area contributed by atoms with Crippen LogP contribution in [-0.4, -0.2) is 36.7 Å². The molecule has 0 fully saturated rings. The number of carbonyl (C=O) groups is 1. The van der Waals surface area contributed by atoms with E-state index < -0.39 is 6.04 Å². The Morgan fingerprint density at radius 1 is 1.41 bits per heavy atom. The van der Waals surface area contributed by atoms with E-state index >= 15 is 0 Å². The minimum absolute atomic E-state index is 0. The van der Waals surface area contributed by atoms with E-state index in [1.807, 2.05) is 31.2 Å². The topological polar surface area (TPSA) is 77.2 Å². The molecule has 0 aliphatic rings. The molecule has 2 rings (SSSR count). The summed E-state index contributed by atoms with van der Waals surface area (Å²) in [7, 11) is 1.53. The number of methoxy groups -OCH3 is 1. The molecule has 1 aromatic heterocycles. The Hall–Kier alpha value is -0.920. The van der Waals surface area contributed by atoms with Crippen molar-refractivity contribution in [2.45, 2.75) is 25.4 Å². The van der Waals surface area contributed by atoms with E-state index in [9.17, 15) is 4.79 Å². The predicted molar refractivity (Wildman–Crippen MR) is 95.3 cm³/mol. The lowest BCUT2D eigenvalue weighted by molar-refractivity contribution is -0.124. The number of nitrogens with two attached hydrogens (primary N) is 1. The Balaban J connectivity index is 0.00000220. The maximum atomic E-state index is 11.8. The lowest BCUT2D eigenvalue weighted by Gasteiger charge is -2.16. The number of nitrogens with zero attached hydrogens (tertiary/aromatic N) is 1. The van der Waals surface area contributed by atoms with Crippen molar-refractivity contribution >= 4 is 52.3 Å². The van der Waals surface area contributed by atoms with E-state index in [0.717, 1.165) is 15.2 Å². The van der Waals surface area contributed by atoms with E-state index in [-0.39, 0.29) is 43.4 Å². The van der Waals surface area contributed by atoms with E-state index in [4.69, 9.17) is 10.5 Å². The molecule has 8 heteroatoms. The van der Waals surface area contributed by atoms with Crippen LogP contribution in [0.4, 0.5) is 0 Å². The van der Waals surface area contributed by atoms with Crippen LogP contribution in [0.3, 0.4) is 0 Å². The van der Waals surface area contributed by atoms with Crippen molar-refractivity contribution in [1.29, 1.82) is 0 Å². The first-order chi connectivity index (χ1) is 9.60. The van der Waals surface area contributed by atoms with Crippen molar-refractivity contribution in [1.82, 2.24) is 10.3 Å². The molecular weight excluding hydrogens is 345 g/mol. The number of fused-ring (bicyclic) bond motifs is 1. The molecule has 124 valence electrons. The molecule has 3 N–H and O–H groups in total. The van der Waals surface area contributed by atoms with Crippen molar-refractivity contribution in [3.8, 4) is 0 Å². The molecule has 0 aliphatic carbocycles. The highest BCUT2D eigenvalue weighted by atomic mass is 35.5. The highest BCUT2D eigenvalue weighted by Gasteiger charge is 2.16. The highest BCUT2D eigenvalue weighted by molar-refractivity contribution is 7.18. The third-order valence-corrected chi connectivity index (χ3v) is 3.95. The van der Waals surface area contributed by atoms with Gasteiger partial charge in [0.15, 0.2) is 0 Å². The fraction of sp³-hybridized carbons (Fsp3) is 0.429. The van der Waals surface area contributed by atoms with Crippen LogP contribution in [0.2, 0.25) is 0 Å². The number of halogens is 2. The molecule has 0 saturated carbocycles. The van der Waals surface area contributed by atoms with Gasteiger partial charge in [-0.1, -0.05) is 12.1 Å². The van der Waals surface area contributed by atoms with Crippen LogP contribution in [0.5, 0.6) is 0 Å². The Bertz CT molecular complexity index is 561. The normalized spacial score (nSPS) is 12.9. The van der Waals surface area contributed by atoms with Gasteiger partial charge < -0.3 is 15.8 Å². The molecule has 22 heavy (non-hydrogen) atoms. The van der Waals surface area contributed by atoms with E-state index in [0.29, 0.717) is 6.42 Å². The van der Waals surface area contributed by atoms with Gasteiger partial charge in [-0.2, -0.15) is 0 Å². The summed E-state index contributed by atoms with van der Waals surface area (Å²) < 4.78 is 6.03. The fourth-order valence-corrected chi connectivity index (χ4v) is 3.02. The highest BCUT2D eigenvalue weighted by Crippen LogP contribution is 2.22. The molecular formula is C14H21Cl2N3O2S. The number of benzene rings is 1. The minimum atomic E-state index is -0.627. The second-order valence-corrected chi connectivity index (χ2v) is 5.87. The number of rotatable bonds is 6.